The maximum absolute atomic E-state index is 13.0. The zero-order valence-corrected chi connectivity index (χ0v) is 14.9. The van der Waals surface area contributed by atoms with Gasteiger partial charge in [0.2, 0.25) is 11.5 Å². The minimum atomic E-state index is -0.657. The summed E-state index contributed by atoms with van der Waals surface area (Å²) in [5.41, 5.74) is 6.68. The molecule has 0 aliphatic heterocycles. The number of carbonyl (C=O) groups excluding carboxylic acids is 1. The van der Waals surface area contributed by atoms with Crippen LogP contribution in [0, 0.1) is 0 Å². The van der Waals surface area contributed by atoms with E-state index in [1.165, 1.54) is 21.3 Å². The summed E-state index contributed by atoms with van der Waals surface area (Å²) in [5.74, 6) is 1.57. The van der Waals surface area contributed by atoms with Crippen LogP contribution in [0.5, 0.6) is 23.0 Å². The average Bonchev–Trinajstić information content (AvgIpc) is 2.65. The van der Waals surface area contributed by atoms with Gasteiger partial charge in [-0.15, -0.1) is 0 Å². The Morgan fingerprint density at radius 1 is 0.960 bits per heavy atom. The van der Waals surface area contributed by atoms with Crippen LogP contribution in [0.1, 0.15) is 23.7 Å². The van der Waals surface area contributed by atoms with Gasteiger partial charge in [-0.05, 0) is 42.8 Å². The first-order valence-electron chi connectivity index (χ1n) is 7.91. The van der Waals surface area contributed by atoms with Crippen molar-refractivity contribution in [2.75, 3.05) is 27.1 Å². The third kappa shape index (κ3) is 3.96. The molecule has 2 aromatic carbocycles. The summed E-state index contributed by atoms with van der Waals surface area (Å²) in [6.07, 6.45) is -0.156. The molecule has 0 aliphatic rings. The minimum Gasteiger partial charge on any atom is -0.493 e. The van der Waals surface area contributed by atoms with Crippen LogP contribution < -0.4 is 24.7 Å². The summed E-state index contributed by atoms with van der Waals surface area (Å²) >= 11 is 0. The number of methoxy groups -OCH3 is 3. The van der Waals surface area contributed by atoms with Gasteiger partial charge in [-0.25, -0.2) is 0 Å². The molecular formula is C19H23NO5. The molecule has 1 unspecified atom stereocenters. The number of ketones is 1. The van der Waals surface area contributed by atoms with E-state index in [0.717, 1.165) is 0 Å². The van der Waals surface area contributed by atoms with Gasteiger partial charge in [0.05, 0.1) is 26.9 Å². The van der Waals surface area contributed by atoms with Crippen molar-refractivity contribution in [3.63, 3.8) is 0 Å². The van der Waals surface area contributed by atoms with Crippen LogP contribution in [0.4, 0.5) is 5.69 Å². The van der Waals surface area contributed by atoms with E-state index in [2.05, 4.69) is 0 Å². The Kier molecular flexibility index (Phi) is 6.11. The van der Waals surface area contributed by atoms with E-state index in [1.807, 2.05) is 6.92 Å². The van der Waals surface area contributed by atoms with Crippen molar-refractivity contribution in [1.29, 1.82) is 0 Å². The molecule has 0 amide bonds. The van der Waals surface area contributed by atoms with E-state index in [4.69, 9.17) is 24.7 Å². The van der Waals surface area contributed by atoms with Crippen LogP contribution >= 0.6 is 0 Å². The van der Waals surface area contributed by atoms with E-state index in [1.54, 1.807) is 36.4 Å². The standard InChI is InChI=1S/C19H23NO5/c1-5-15(25-13-8-6-12(20)7-9-13)17(21)14-10-11-16(22-2)19(24-4)18(14)23-3/h6-11,15H,5,20H2,1-4H3. The van der Waals surface area contributed by atoms with Crippen molar-refractivity contribution >= 4 is 11.5 Å². The van der Waals surface area contributed by atoms with Gasteiger partial charge in [0.1, 0.15) is 5.75 Å². The van der Waals surface area contributed by atoms with Crippen LogP contribution in [0.3, 0.4) is 0 Å². The molecule has 0 saturated heterocycles. The maximum Gasteiger partial charge on any atom is 0.207 e. The van der Waals surface area contributed by atoms with Gasteiger partial charge in [-0.1, -0.05) is 6.92 Å². The lowest BCUT2D eigenvalue weighted by Crippen LogP contribution is -2.27. The van der Waals surface area contributed by atoms with Gasteiger partial charge in [0.25, 0.3) is 0 Å². The largest absolute Gasteiger partial charge is 0.493 e. The molecule has 0 aromatic heterocycles. The number of benzene rings is 2. The molecule has 6 nitrogen and oxygen atoms in total. The molecule has 2 aromatic rings. The lowest BCUT2D eigenvalue weighted by molar-refractivity contribution is 0.0782. The molecule has 0 heterocycles. The van der Waals surface area contributed by atoms with E-state index < -0.39 is 6.10 Å². The summed E-state index contributed by atoms with van der Waals surface area (Å²) in [5, 5.41) is 0. The highest BCUT2D eigenvalue weighted by molar-refractivity contribution is 6.03. The average molecular weight is 345 g/mol. The number of hydrogen-bond acceptors (Lipinski definition) is 6. The Bertz CT molecular complexity index is 727. The van der Waals surface area contributed by atoms with Crippen LogP contribution in [0.25, 0.3) is 0 Å². The number of nitrogens with two attached hydrogens (primary N) is 1. The van der Waals surface area contributed by atoms with Crippen LogP contribution in [0.2, 0.25) is 0 Å². The molecule has 0 saturated carbocycles. The lowest BCUT2D eigenvalue weighted by atomic mass is 10.0. The maximum atomic E-state index is 13.0. The summed E-state index contributed by atoms with van der Waals surface area (Å²) in [6.45, 7) is 1.88. The summed E-state index contributed by atoms with van der Waals surface area (Å²) in [6, 6.07) is 10.2. The summed E-state index contributed by atoms with van der Waals surface area (Å²) < 4.78 is 21.8. The molecule has 2 N–H and O–H groups in total. The molecule has 25 heavy (non-hydrogen) atoms. The summed E-state index contributed by atoms with van der Waals surface area (Å²) in [4.78, 5) is 13.0. The third-order valence-electron chi connectivity index (χ3n) is 3.79. The van der Waals surface area contributed by atoms with Crippen LogP contribution in [-0.4, -0.2) is 33.2 Å². The van der Waals surface area contributed by atoms with Crippen LogP contribution in [-0.2, 0) is 0 Å². The van der Waals surface area contributed by atoms with Crippen molar-refractivity contribution in [3.8, 4) is 23.0 Å². The van der Waals surface area contributed by atoms with Gasteiger partial charge >= 0.3 is 0 Å². The highest BCUT2D eigenvalue weighted by Crippen LogP contribution is 2.40. The molecule has 6 heteroatoms. The fourth-order valence-corrected chi connectivity index (χ4v) is 2.50. The Morgan fingerprint density at radius 3 is 2.12 bits per heavy atom. The second-order valence-electron chi connectivity index (χ2n) is 5.33. The number of anilines is 1. The molecule has 2 rings (SSSR count). The molecule has 0 radical (unpaired) electrons. The van der Waals surface area contributed by atoms with Gasteiger partial charge in [-0.2, -0.15) is 0 Å². The van der Waals surface area contributed by atoms with Crippen molar-refractivity contribution in [2.45, 2.75) is 19.4 Å². The number of nitrogen functional groups attached to an aromatic ring is 1. The van der Waals surface area contributed by atoms with E-state index in [-0.39, 0.29) is 5.78 Å². The third-order valence-corrected chi connectivity index (χ3v) is 3.79. The van der Waals surface area contributed by atoms with Gasteiger partial charge in [0, 0.05) is 5.69 Å². The molecule has 0 fully saturated rings. The molecule has 0 bridgehead atoms. The smallest absolute Gasteiger partial charge is 0.207 e. The quantitative estimate of drug-likeness (QED) is 0.584. The monoisotopic (exact) mass is 345 g/mol. The highest BCUT2D eigenvalue weighted by Gasteiger charge is 2.27. The molecular weight excluding hydrogens is 322 g/mol. The fourth-order valence-electron chi connectivity index (χ4n) is 2.50. The van der Waals surface area contributed by atoms with Crippen LogP contribution in [0.15, 0.2) is 36.4 Å². The second-order valence-corrected chi connectivity index (χ2v) is 5.33. The second kappa shape index (κ2) is 8.28. The SMILES string of the molecule is CCC(Oc1ccc(N)cc1)C(=O)c1ccc(OC)c(OC)c1OC. The first kappa shape index (κ1) is 18.4. The number of carbonyl (C=O) groups is 1. The van der Waals surface area contributed by atoms with E-state index in [0.29, 0.717) is 40.7 Å². The predicted molar refractivity (Wildman–Crippen MR) is 96.0 cm³/mol. The van der Waals surface area contributed by atoms with Crippen molar-refractivity contribution in [2.24, 2.45) is 0 Å². The van der Waals surface area contributed by atoms with E-state index in [9.17, 15) is 4.79 Å². The van der Waals surface area contributed by atoms with Crippen molar-refractivity contribution in [3.05, 3.63) is 42.0 Å². The van der Waals surface area contributed by atoms with Crippen molar-refractivity contribution in [1.82, 2.24) is 0 Å². The Balaban J connectivity index is 2.35. The highest BCUT2D eigenvalue weighted by atomic mass is 16.5. The number of Topliss-reactive ketones (excluding diaryl/α,β-unsaturated/α-hetero) is 1. The zero-order chi connectivity index (χ0) is 18.4. The Hall–Kier alpha value is -2.89. The number of rotatable bonds is 8. The fraction of sp³-hybridized carbons (Fsp3) is 0.316. The first-order chi connectivity index (χ1) is 12.0. The molecule has 0 spiro atoms. The predicted octanol–water partition coefficient (Wildman–Crippen LogP) is 3.33. The molecule has 134 valence electrons. The van der Waals surface area contributed by atoms with Gasteiger partial charge < -0.3 is 24.7 Å². The van der Waals surface area contributed by atoms with E-state index >= 15 is 0 Å². The van der Waals surface area contributed by atoms with Gasteiger partial charge in [-0.3, -0.25) is 4.79 Å². The first-order valence-corrected chi connectivity index (χ1v) is 7.91. The molecule has 0 aliphatic carbocycles. The normalized spacial score (nSPS) is 11.5. The Morgan fingerprint density at radius 2 is 1.60 bits per heavy atom. The van der Waals surface area contributed by atoms with Crippen molar-refractivity contribution < 1.29 is 23.7 Å². The topological polar surface area (TPSA) is 80.0 Å². The minimum absolute atomic E-state index is 0.197. The summed E-state index contributed by atoms with van der Waals surface area (Å²) in [7, 11) is 4.50. The molecule has 1 atom stereocenters. The zero-order valence-electron chi connectivity index (χ0n) is 14.9. The number of ether oxygens (including phenoxy) is 4. The Labute approximate surface area is 147 Å². The lowest BCUT2D eigenvalue weighted by Gasteiger charge is -2.20. The number of hydrogen-bond donors (Lipinski definition) is 1. The van der Waals surface area contributed by atoms with Gasteiger partial charge in [0.15, 0.2) is 17.6 Å².